The Kier molecular flexibility index (Phi) is 7.12. The smallest absolute Gasteiger partial charge is 0.305 e. The van der Waals surface area contributed by atoms with Crippen molar-refractivity contribution < 1.29 is 27.0 Å². The number of fused-ring (bicyclic) bond motifs is 6. The predicted molar refractivity (Wildman–Crippen MR) is 157 cm³/mol. The molecule has 0 bridgehead atoms. The van der Waals surface area contributed by atoms with Crippen molar-refractivity contribution in [1.82, 2.24) is 0 Å². The minimum Gasteiger partial charge on any atom is -0.744 e. The second-order valence-corrected chi connectivity index (χ2v) is 13.3. The zero-order chi connectivity index (χ0) is 28.0. The normalized spacial score (nSPS) is 17.0. The van der Waals surface area contributed by atoms with Crippen LogP contribution in [0.5, 0.6) is 0 Å². The van der Waals surface area contributed by atoms with Gasteiger partial charge in [0.05, 0.1) is 17.1 Å². The van der Waals surface area contributed by atoms with Crippen LogP contribution in [0, 0.1) is 20.8 Å². The number of aromatic nitrogens is 1. The maximum Gasteiger partial charge on any atom is 0.305 e. The van der Waals surface area contributed by atoms with Crippen molar-refractivity contribution in [3.8, 4) is 0 Å². The summed E-state index contributed by atoms with van der Waals surface area (Å²) in [5.74, 6) is 1.82. The van der Waals surface area contributed by atoms with Crippen LogP contribution in [-0.2, 0) is 26.1 Å². The molecule has 0 unspecified atom stereocenters. The summed E-state index contributed by atoms with van der Waals surface area (Å²) in [4.78, 5) is 3.50. The third kappa shape index (κ3) is 5.24. The monoisotopic (exact) mass is 592 g/mol. The lowest BCUT2D eigenvalue weighted by Crippen LogP contribution is -2.41. The van der Waals surface area contributed by atoms with Crippen LogP contribution >= 0.6 is 23.1 Å². The number of thiazole rings is 1. The van der Waals surface area contributed by atoms with Gasteiger partial charge in [0.15, 0.2) is 12.3 Å². The molecule has 4 aromatic rings. The average Bonchev–Trinajstić information content (AvgIpc) is 3.48. The number of ether oxygens (including phenoxy) is 2. The van der Waals surface area contributed by atoms with Crippen molar-refractivity contribution >= 4 is 54.9 Å². The zero-order valence-electron chi connectivity index (χ0n) is 22.3. The van der Waals surface area contributed by atoms with E-state index in [9.17, 15) is 13.0 Å². The van der Waals surface area contributed by atoms with Crippen LogP contribution in [-0.4, -0.2) is 32.7 Å². The molecule has 0 amide bonds. The van der Waals surface area contributed by atoms with Gasteiger partial charge < -0.3 is 18.9 Å². The van der Waals surface area contributed by atoms with Crippen LogP contribution in [0.1, 0.15) is 21.7 Å². The maximum atomic E-state index is 10.4. The highest BCUT2D eigenvalue weighted by atomic mass is 32.2. The first-order valence-corrected chi connectivity index (χ1v) is 15.9. The Morgan fingerprint density at radius 2 is 1.65 bits per heavy atom. The number of benzene rings is 3. The Morgan fingerprint density at radius 3 is 2.42 bits per heavy atom. The van der Waals surface area contributed by atoms with Gasteiger partial charge in [-0.25, -0.2) is 8.42 Å². The summed E-state index contributed by atoms with van der Waals surface area (Å²) in [7, 11) is -4.27. The predicted octanol–water partition coefficient (Wildman–Crippen LogP) is 5.89. The van der Waals surface area contributed by atoms with Crippen molar-refractivity contribution in [3.05, 3.63) is 99.2 Å². The molecule has 0 saturated carbocycles. The first kappa shape index (κ1) is 26.9. The van der Waals surface area contributed by atoms with Crippen LogP contribution in [0.3, 0.4) is 0 Å². The van der Waals surface area contributed by atoms with Gasteiger partial charge in [0.25, 0.3) is 0 Å². The molecule has 0 spiro atoms. The molecule has 7 nitrogen and oxygen atoms in total. The first-order chi connectivity index (χ1) is 19.2. The van der Waals surface area contributed by atoms with Crippen LogP contribution in [0.15, 0.2) is 87.3 Å². The molecular weight excluding hydrogens is 565 g/mol. The van der Waals surface area contributed by atoms with Crippen LogP contribution in [0.2, 0.25) is 0 Å². The summed E-state index contributed by atoms with van der Waals surface area (Å²) < 4.78 is 47.1. The largest absolute Gasteiger partial charge is 0.744 e. The number of anilines is 1. The Labute approximate surface area is 242 Å². The lowest BCUT2D eigenvalue weighted by atomic mass is 10.2. The number of hydrogen-bond donors (Lipinski definition) is 0. The van der Waals surface area contributed by atoms with Crippen LogP contribution < -0.4 is 9.47 Å². The summed E-state index contributed by atoms with van der Waals surface area (Å²) >= 11 is 3.58. The topological polar surface area (TPSA) is 82.8 Å². The quantitative estimate of drug-likeness (QED) is 0.212. The fraction of sp³-hybridized carbons (Fsp3) is 0.233. The molecule has 40 heavy (non-hydrogen) atoms. The minimum absolute atomic E-state index is 0.178. The number of allylic oxidation sites excluding steroid dienone is 1. The highest BCUT2D eigenvalue weighted by molar-refractivity contribution is 8.03. The molecule has 7 rings (SSSR count). The Morgan fingerprint density at radius 1 is 0.925 bits per heavy atom. The van der Waals surface area contributed by atoms with E-state index in [4.69, 9.17) is 9.47 Å². The Balaban J connectivity index is 0.000000223. The maximum absolute atomic E-state index is 10.4. The van der Waals surface area contributed by atoms with Gasteiger partial charge in [-0.05, 0) is 62.2 Å². The zero-order valence-corrected chi connectivity index (χ0v) is 24.8. The fourth-order valence-corrected chi connectivity index (χ4v) is 7.59. The Bertz CT molecular complexity index is 1790. The van der Waals surface area contributed by atoms with E-state index in [1.54, 1.807) is 35.2 Å². The Hall–Kier alpha value is -3.31. The van der Waals surface area contributed by atoms with Gasteiger partial charge in [0.2, 0.25) is 11.3 Å². The van der Waals surface area contributed by atoms with Crippen molar-refractivity contribution in [3.63, 3.8) is 0 Å². The highest BCUT2D eigenvalue weighted by Gasteiger charge is 2.34. The number of hydrogen-bond acceptors (Lipinski definition) is 8. The number of thioether (sulfide) groups is 1. The van der Waals surface area contributed by atoms with Gasteiger partial charge in [0, 0.05) is 17.0 Å². The second-order valence-electron chi connectivity index (χ2n) is 9.90. The molecule has 3 aliphatic rings. The summed E-state index contributed by atoms with van der Waals surface area (Å²) in [5.41, 5.74) is 6.09. The van der Waals surface area contributed by atoms with Crippen molar-refractivity contribution in [2.45, 2.75) is 37.1 Å². The second kappa shape index (κ2) is 10.6. The number of rotatable bonds is 2. The van der Waals surface area contributed by atoms with Crippen molar-refractivity contribution in [2.75, 3.05) is 24.7 Å². The SMILES string of the molecule is Cc1ccc(S(=O)(=O)[O-])cc1.Cc1ccc2c(c1)N1CCOC(C=C3OCC[n+]4c3sc3ccc(C)cc34)=C1S2. The van der Waals surface area contributed by atoms with Gasteiger partial charge >= 0.3 is 5.01 Å². The van der Waals surface area contributed by atoms with E-state index in [1.165, 1.54) is 54.1 Å². The van der Waals surface area contributed by atoms with Crippen molar-refractivity contribution in [1.29, 1.82) is 0 Å². The third-order valence-electron chi connectivity index (χ3n) is 6.85. The molecule has 4 heterocycles. The molecule has 0 fully saturated rings. The summed E-state index contributed by atoms with van der Waals surface area (Å²) in [6, 6.07) is 19.1. The molecule has 206 valence electrons. The molecule has 3 aromatic carbocycles. The lowest BCUT2D eigenvalue weighted by molar-refractivity contribution is -0.677. The standard InChI is InChI=1S/C23H21N2O2S2.C7H8O3S/c1-14-3-5-20-16(11-14)24-7-9-26-18(22(24)28-20)13-19-23-25(8-10-27-19)17-12-15(2)4-6-21(17)29-23;1-6-2-4-7(5-3-6)11(8,9)10/h3-6,11-13H,7-10H2,1-2H3;2-5H,1H3,(H,8,9,10)/q+1;/p-1. The molecule has 0 N–H and O–H groups in total. The van der Waals surface area contributed by atoms with Crippen LogP contribution in [0.4, 0.5) is 5.69 Å². The van der Waals surface area contributed by atoms with E-state index in [-0.39, 0.29) is 4.90 Å². The molecule has 10 heteroatoms. The minimum atomic E-state index is -4.27. The fourth-order valence-electron chi connectivity index (χ4n) is 4.85. The molecule has 0 saturated heterocycles. The van der Waals surface area contributed by atoms with E-state index in [1.807, 2.05) is 6.92 Å². The van der Waals surface area contributed by atoms with Gasteiger partial charge in [-0.2, -0.15) is 4.57 Å². The summed E-state index contributed by atoms with van der Waals surface area (Å²) in [6.45, 7) is 9.25. The van der Waals surface area contributed by atoms with Gasteiger partial charge in [0.1, 0.15) is 33.1 Å². The van der Waals surface area contributed by atoms with Gasteiger partial charge in [-0.15, -0.1) is 0 Å². The molecule has 0 aliphatic carbocycles. The molecule has 0 radical (unpaired) electrons. The third-order valence-corrected chi connectivity index (χ3v) is 10.1. The van der Waals surface area contributed by atoms with Crippen molar-refractivity contribution in [2.24, 2.45) is 0 Å². The molecule has 3 aliphatic heterocycles. The summed E-state index contributed by atoms with van der Waals surface area (Å²) in [5, 5.41) is 2.34. The highest BCUT2D eigenvalue weighted by Crippen LogP contribution is 2.49. The number of nitrogens with zero attached hydrogens (tertiary/aromatic N) is 2. The first-order valence-electron chi connectivity index (χ1n) is 12.9. The van der Waals surface area contributed by atoms with E-state index in [0.717, 1.165) is 30.2 Å². The summed E-state index contributed by atoms with van der Waals surface area (Å²) in [6.07, 6.45) is 2.10. The number of aryl methyl sites for hydroxylation is 3. The van der Waals surface area contributed by atoms with E-state index >= 15 is 0 Å². The van der Waals surface area contributed by atoms with E-state index in [2.05, 4.69) is 65.8 Å². The van der Waals surface area contributed by atoms with E-state index < -0.39 is 10.1 Å². The van der Waals surface area contributed by atoms with Gasteiger partial charge in [-0.3, -0.25) is 0 Å². The van der Waals surface area contributed by atoms with Gasteiger partial charge in [-0.1, -0.05) is 52.9 Å². The molecular formula is C30H28N2O5S3. The lowest BCUT2D eigenvalue weighted by Gasteiger charge is -2.27. The van der Waals surface area contributed by atoms with Crippen LogP contribution in [0.25, 0.3) is 16.0 Å². The molecule has 1 aromatic heterocycles. The average molecular weight is 593 g/mol. The molecule has 0 atom stereocenters. The van der Waals surface area contributed by atoms with E-state index in [0.29, 0.717) is 13.2 Å².